The van der Waals surface area contributed by atoms with Crippen molar-refractivity contribution in [3.63, 3.8) is 0 Å². The third-order valence-corrected chi connectivity index (χ3v) is 3.62. The van der Waals surface area contributed by atoms with Gasteiger partial charge in [-0.05, 0) is 31.2 Å². The molecule has 27 heavy (non-hydrogen) atoms. The van der Waals surface area contributed by atoms with E-state index in [1.54, 1.807) is 0 Å². The van der Waals surface area contributed by atoms with Crippen LogP contribution in [-0.2, 0) is 9.53 Å². The van der Waals surface area contributed by atoms with Gasteiger partial charge in [-0.1, -0.05) is 0 Å². The number of nitro groups is 2. The van der Waals surface area contributed by atoms with Crippen LogP contribution in [0.15, 0.2) is 48.5 Å². The maximum Gasteiger partial charge on any atom is 0.345 e. The number of nitrogens with zero attached hydrogens (tertiary/aromatic N) is 2. The lowest BCUT2D eigenvalue weighted by atomic mass is 9.99. The van der Waals surface area contributed by atoms with E-state index in [0.717, 1.165) is 36.4 Å². The standard InChI is InChI=1S/C17H12N2O8/c1-10(15(20)11-2-6-13(7-3-11)18(23)24)16(21)27-17(22)12-4-8-14(9-5-12)19(25)26/h2-10H,1H3. The third kappa shape index (κ3) is 4.57. The molecular formula is C17H12N2O8. The molecule has 2 aromatic rings. The van der Waals surface area contributed by atoms with E-state index in [4.69, 9.17) is 0 Å². The highest BCUT2D eigenvalue weighted by Gasteiger charge is 2.27. The summed E-state index contributed by atoms with van der Waals surface area (Å²) in [5, 5.41) is 21.2. The van der Waals surface area contributed by atoms with Crippen molar-refractivity contribution in [2.45, 2.75) is 6.92 Å². The minimum absolute atomic E-state index is 0.0489. The lowest BCUT2D eigenvalue weighted by molar-refractivity contribution is -0.385. The van der Waals surface area contributed by atoms with Crippen molar-refractivity contribution in [3.05, 3.63) is 79.9 Å². The van der Waals surface area contributed by atoms with Crippen molar-refractivity contribution >= 4 is 29.1 Å². The van der Waals surface area contributed by atoms with Gasteiger partial charge in [-0.25, -0.2) is 4.79 Å². The fraction of sp³-hybridized carbons (Fsp3) is 0.118. The Morgan fingerprint density at radius 2 is 1.22 bits per heavy atom. The first-order valence-corrected chi connectivity index (χ1v) is 7.50. The molecule has 0 saturated heterocycles. The maximum atomic E-state index is 12.2. The zero-order valence-electron chi connectivity index (χ0n) is 13.9. The minimum atomic E-state index is -1.33. The summed E-state index contributed by atoms with van der Waals surface area (Å²) in [6.07, 6.45) is 0. The van der Waals surface area contributed by atoms with E-state index >= 15 is 0 Å². The molecule has 1 unspecified atom stereocenters. The first-order chi connectivity index (χ1) is 12.7. The second-order valence-corrected chi connectivity index (χ2v) is 5.40. The summed E-state index contributed by atoms with van der Waals surface area (Å²) in [4.78, 5) is 56.1. The van der Waals surface area contributed by atoms with E-state index in [-0.39, 0.29) is 22.5 Å². The fourth-order valence-corrected chi connectivity index (χ4v) is 2.06. The van der Waals surface area contributed by atoms with Gasteiger partial charge in [-0.15, -0.1) is 0 Å². The number of carbonyl (C=O) groups is 3. The Morgan fingerprint density at radius 3 is 1.63 bits per heavy atom. The summed E-state index contributed by atoms with van der Waals surface area (Å²) in [5.41, 5.74) is -0.494. The molecular weight excluding hydrogens is 360 g/mol. The Morgan fingerprint density at radius 1 is 0.815 bits per heavy atom. The van der Waals surface area contributed by atoms with Crippen molar-refractivity contribution in [1.29, 1.82) is 0 Å². The van der Waals surface area contributed by atoms with E-state index in [0.29, 0.717) is 0 Å². The quantitative estimate of drug-likeness (QED) is 0.247. The van der Waals surface area contributed by atoms with Gasteiger partial charge < -0.3 is 4.74 Å². The summed E-state index contributed by atoms with van der Waals surface area (Å²) in [5.74, 6) is -4.17. The van der Waals surface area contributed by atoms with Crippen LogP contribution in [0, 0.1) is 26.1 Å². The van der Waals surface area contributed by atoms with Crippen molar-refractivity contribution in [2.24, 2.45) is 5.92 Å². The summed E-state index contributed by atoms with van der Waals surface area (Å²) in [6.45, 7) is 1.23. The van der Waals surface area contributed by atoms with Crippen LogP contribution < -0.4 is 0 Å². The molecule has 2 rings (SSSR count). The smallest absolute Gasteiger partial charge is 0.345 e. The van der Waals surface area contributed by atoms with Crippen molar-refractivity contribution in [1.82, 2.24) is 0 Å². The van der Waals surface area contributed by atoms with E-state index in [2.05, 4.69) is 4.74 Å². The number of ether oxygens (including phenoxy) is 1. The van der Waals surface area contributed by atoms with Crippen LogP contribution in [0.3, 0.4) is 0 Å². The Balaban J connectivity index is 2.05. The van der Waals surface area contributed by atoms with Crippen LogP contribution in [0.4, 0.5) is 11.4 Å². The van der Waals surface area contributed by atoms with Crippen molar-refractivity contribution in [3.8, 4) is 0 Å². The number of hydrogen-bond donors (Lipinski definition) is 0. The molecule has 0 spiro atoms. The molecule has 0 fully saturated rings. The molecule has 0 amide bonds. The molecule has 0 aliphatic heterocycles. The van der Waals surface area contributed by atoms with Crippen LogP contribution in [0.1, 0.15) is 27.6 Å². The van der Waals surface area contributed by atoms with Crippen molar-refractivity contribution < 1.29 is 29.0 Å². The van der Waals surface area contributed by atoms with Crippen LogP contribution in [0.5, 0.6) is 0 Å². The van der Waals surface area contributed by atoms with Gasteiger partial charge in [0.1, 0.15) is 5.92 Å². The predicted molar refractivity (Wildman–Crippen MR) is 90.1 cm³/mol. The van der Waals surface area contributed by atoms with Crippen LogP contribution in [-0.4, -0.2) is 27.6 Å². The number of non-ortho nitro benzene ring substituents is 2. The van der Waals surface area contributed by atoms with Crippen LogP contribution in [0.25, 0.3) is 0 Å². The number of rotatable bonds is 6. The Labute approximate surface area is 151 Å². The highest BCUT2D eigenvalue weighted by molar-refractivity contribution is 6.11. The molecule has 0 heterocycles. The van der Waals surface area contributed by atoms with Crippen molar-refractivity contribution in [2.75, 3.05) is 0 Å². The normalized spacial score (nSPS) is 11.3. The molecule has 0 aromatic heterocycles. The molecule has 0 aliphatic carbocycles. The van der Waals surface area contributed by atoms with Gasteiger partial charge >= 0.3 is 11.9 Å². The van der Waals surface area contributed by atoms with E-state index < -0.39 is 33.5 Å². The monoisotopic (exact) mass is 372 g/mol. The topological polar surface area (TPSA) is 147 Å². The minimum Gasteiger partial charge on any atom is -0.389 e. The van der Waals surface area contributed by atoms with Gasteiger partial charge in [-0.2, -0.15) is 0 Å². The predicted octanol–water partition coefficient (Wildman–Crippen LogP) is 2.71. The van der Waals surface area contributed by atoms with Gasteiger partial charge in [0.15, 0.2) is 5.78 Å². The third-order valence-electron chi connectivity index (χ3n) is 3.62. The van der Waals surface area contributed by atoms with Gasteiger partial charge in [0.25, 0.3) is 11.4 Å². The highest BCUT2D eigenvalue weighted by Crippen LogP contribution is 2.17. The Kier molecular flexibility index (Phi) is 5.71. The van der Waals surface area contributed by atoms with Gasteiger partial charge in [-0.3, -0.25) is 29.8 Å². The second kappa shape index (κ2) is 7.95. The fourth-order valence-electron chi connectivity index (χ4n) is 2.06. The SMILES string of the molecule is CC(C(=O)OC(=O)c1ccc([N+](=O)[O-])cc1)C(=O)c1ccc([N+](=O)[O-])cc1. The largest absolute Gasteiger partial charge is 0.389 e. The number of benzene rings is 2. The van der Waals surface area contributed by atoms with E-state index in [9.17, 15) is 34.6 Å². The summed E-state index contributed by atoms with van der Waals surface area (Å²) in [7, 11) is 0. The number of Topliss-reactive ketones (excluding diaryl/α,β-unsaturated/α-hetero) is 1. The number of hydrogen-bond acceptors (Lipinski definition) is 8. The molecule has 138 valence electrons. The number of ketones is 1. The summed E-state index contributed by atoms with van der Waals surface area (Å²) in [6, 6.07) is 9.03. The molecule has 1 atom stereocenters. The second-order valence-electron chi connectivity index (χ2n) is 5.40. The molecule has 0 aliphatic rings. The highest BCUT2D eigenvalue weighted by atomic mass is 16.6. The number of nitro benzene ring substituents is 2. The zero-order valence-corrected chi connectivity index (χ0v) is 13.9. The van der Waals surface area contributed by atoms with Crippen LogP contribution in [0.2, 0.25) is 0 Å². The molecule has 0 radical (unpaired) electrons. The summed E-state index contributed by atoms with van der Waals surface area (Å²) >= 11 is 0. The lowest BCUT2D eigenvalue weighted by Crippen LogP contribution is -2.26. The van der Waals surface area contributed by atoms with E-state index in [1.807, 2.05) is 0 Å². The molecule has 0 saturated carbocycles. The average Bonchev–Trinajstić information content (AvgIpc) is 2.66. The maximum absolute atomic E-state index is 12.2. The zero-order chi connectivity index (χ0) is 20.1. The van der Waals surface area contributed by atoms with Gasteiger partial charge in [0, 0.05) is 29.8 Å². The van der Waals surface area contributed by atoms with Gasteiger partial charge in [0.2, 0.25) is 0 Å². The molecule has 10 nitrogen and oxygen atoms in total. The first kappa shape index (κ1) is 19.4. The molecule has 2 aromatic carbocycles. The lowest BCUT2D eigenvalue weighted by Gasteiger charge is -2.09. The van der Waals surface area contributed by atoms with E-state index in [1.165, 1.54) is 19.1 Å². The first-order valence-electron chi connectivity index (χ1n) is 7.50. The number of carbonyl (C=O) groups excluding carboxylic acids is 3. The Bertz CT molecular complexity index is 919. The van der Waals surface area contributed by atoms with Gasteiger partial charge in [0.05, 0.1) is 15.4 Å². The average molecular weight is 372 g/mol. The van der Waals surface area contributed by atoms with Crippen LogP contribution >= 0.6 is 0 Å². The Hall–Kier alpha value is -3.95. The molecule has 10 heteroatoms. The molecule has 0 bridgehead atoms. The summed E-state index contributed by atoms with van der Waals surface area (Å²) < 4.78 is 4.63. The number of esters is 2. The molecule has 0 N–H and O–H groups in total.